The summed E-state index contributed by atoms with van der Waals surface area (Å²) >= 11 is 0. The number of hydrogen-bond donors (Lipinski definition) is 0. The third-order valence-electron chi connectivity index (χ3n) is 15.9. The van der Waals surface area contributed by atoms with Crippen LogP contribution in [0.4, 0.5) is 0 Å². The molecule has 0 aromatic heterocycles. The van der Waals surface area contributed by atoms with Crippen LogP contribution in [0.15, 0.2) is 194 Å². The van der Waals surface area contributed by atoms with Crippen LogP contribution in [0.1, 0.15) is 74.9 Å². The first-order valence-corrected chi connectivity index (χ1v) is 23.3. The molecule has 0 unspecified atom stereocenters. The molecular formula is C65H50. The van der Waals surface area contributed by atoms with Gasteiger partial charge >= 0.3 is 0 Å². The Hall–Kier alpha value is -7.28. The van der Waals surface area contributed by atoms with E-state index in [4.69, 9.17) is 0 Å². The van der Waals surface area contributed by atoms with Crippen molar-refractivity contribution in [2.75, 3.05) is 0 Å². The molecule has 0 saturated carbocycles. The molecule has 0 heteroatoms. The average Bonchev–Trinajstić information content (AvgIpc) is 3.82. The molecule has 0 nitrogen and oxygen atoms in total. The van der Waals surface area contributed by atoms with Gasteiger partial charge < -0.3 is 0 Å². The zero-order valence-electron chi connectivity index (χ0n) is 38.0. The molecule has 0 radical (unpaired) electrons. The third-order valence-corrected chi connectivity index (χ3v) is 15.9. The van der Waals surface area contributed by atoms with Gasteiger partial charge in [-0.3, -0.25) is 0 Å². The molecule has 0 atom stereocenters. The van der Waals surface area contributed by atoms with Crippen molar-refractivity contribution in [2.24, 2.45) is 0 Å². The van der Waals surface area contributed by atoms with Crippen molar-refractivity contribution in [2.45, 2.75) is 57.8 Å². The molecule has 10 aromatic carbocycles. The van der Waals surface area contributed by atoms with Crippen molar-refractivity contribution in [3.8, 4) is 77.9 Å². The summed E-state index contributed by atoms with van der Waals surface area (Å²) in [6.07, 6.45) is 0. The lowest BCUT2D eigenvalue weighted by molar-refractivity contribution is 0.659. The largest absolute Gasteiger partial charge is 0.0622 e. The minimum Gasteiger partial charge on any atom is -0.0622 e. The van der Waals surface area contributed by atoms with Crippen molar-refractivity contribution < 1.29 is 0 Å². The summed E-state index contributed by atoms with van der Waals surface area (Å²) in [6, 6.07) is 74.0. The smallest absolute Gasteiger partial charge is 0.0159 e. The molecule has 65 heavy (non-hydrogen) atoms. The highest BCUT2D eigenvalue weighted by Crippen LogP contribution is 2.55. The molecule has 0 fully saturated rings. The molecule has 0 saturated heterocycles. The zero-order chi connectivity index (χ0) is 44.0. The van der Waals surface area contributed by atoms with Crippen LogP contribution < -0.4 is 0 Å². The van der Waals surface area contributed by atoms with E-state index < -0.39 is 0 Å². The monoisotopic (exact) mass is 830 g/mol. The second-order valence-electron chi connectivity index (χ2n) is 20.4. The summed E-state index contributed by atoms with van der Waals surface area (Å²) in [5.74, 6) is 0. The van der Waals surface area contributed by atoms with Crippen molar-refractivity contribution >= 4 is 21.5 Å². The molecule has 0 aliphatic heterocycles. The quantitative estimate of drug-likeness (QED) is 0.155. The SMILES string of the molecule is CC1(C)c2ccccc2-c2ccc(-c3ccc4c(c3)C(C)(C)c3cc(-c5c6ccccc6c(-c6ccc7c(c6)C(C)(C)c6ccccc6-7)c6cc(-c7ccccc7)ccc56)ccc3-4)cc21. The Kier molecular flexibility index (Phi) is 7.86. The summed E-state index contributed by atoms with van der Waals surface area (Å²) in [5.41, 5.74) is 26.3. The summed E-state index contributed by atoms with van der Waals surface area (Å²) < 4.78 is 0. The summed E-state index contributed by atoms with van der Waals surface area (Å²) in [5, 5.41) is 5.12. The van der Waals surface area contributed by atoms with Gasteiger partial charge in [0.25, 0.3) is 0 Å². The van der Waals surface area contributed by atoms with E-state index >= 15 is 0 Å². The average molecular weight is 831 g/mol. The summed E-state index contributed by atoms with van der Waals surface area (Å²) in [4.78, 5) is 0. The van der Waals surface area contributed by atoms with Crippen LogP contribution in [0.2, 0.25) is 0 Å². The highest BCUT2D eigenvalue weighted by atomic mass is 14.4. The standard InChI is InChI=1S/C65H50/c1-63(2)55-22-14-12-18-45(55)47-29-24-41(35-57(47)63)42-25-30-49-50-32-27-43(37-60(50)65(5,6)58(49)36-42)61-51-20-10-11-21-52(51)62(54-34-40(26-33-53(54)61)39-16-8-7-9-17-39)44-28-31-48-46-19-13-15-23-56(46)64(3,4)59(48)38-44/h7-38H,1-6H3. The fourth-order valence-electron chi connectivity index (χ4n) is 12.4. The van der Waals surface area contributed by atoms with Crippen LogP contribution in [0.25, 0.3) is 99.4 Å². The second-order valence-corrected chi connectivity index (χ2v) is 20.4. The fourth-order valence-corrected chi connectivity index (χ4v) is 12.4. The molecule has 0 heterocycles. The molecule has 3 aliphatic carbocycles. The lowest BCUT2D eigenvalue weighted by Crippen LogP contribution is -2.15. The minimum absolute atomic E-state index is 0.0368. The highest BCUT2D eigenvalue weighted by molar-refractivity contribution is 6.22. The maximum atomic E-state index is 2.52. The van der Waals surface area contributed by atoms with Gasteiger partial charge in [0.2, 0.25) is 0 Å². The van der Waals surface area contributed by atoms with Gasteiger partial charge in [-0.25, -0.2) is 0 Å². The lowest BCUT2D eigenvalue weighted by Gasteiger charge is -2.24. The van der Waals surface area contributed by atoms with Crippen LogP contribution in [0.5, 0.6) is 0 Å². The predicted octanol–water partition coefficient (Wildman–Crippen LogP) is 17.6. The number of fused-ring (bicyclic) bond motifs is 11. The molecule has 0 bridgehead atoms. The first-order chi connectivity index (χ1) is 31.5. The number of rotatable bonds is 4. The number of benzene rings is 10. The van der Waals surface area contributed by atoms with Gasteiger partial charge in [-0.1, -0.05) is 205 Å². The van der Waals surface area contributed by atoms with Crippen molar-refractivity contribution in [1.29, 1.82) is 0 Å². The highest BCUT2D eigenvalue weighted by Gasteiger charge is 2.39. The minimum atomic E-state index is -0.191. The van der Waals surface area contributed by atoms with Crippen LogP contribution in [0.3, 0.4) is 0 Å². The van der Waals surface area contributed by atoms with Crippen molar-refractivity contribution in [3.63, 3.8) is 0 Å². The van der Waals surface area contributed by atoms with E-state index in [0.29, 0.717) is 0 Å². The Morgan fingerprint density at radius 2 is 0.538 bits per heavy atom. The topological polar surface area (TPSA) is 0 Å². The van der Waals surface area contributed by atoms with Gasteiger partial charge in [0.15, 0.2) is 0 Å². The van der Waals surface area contributed by atoms with E-state index in [1.165, 1.54) is 133 Å². The Balaban J connectivity index is 0.972. The summed E-state index contributed by atoms with van der Waals surface area (Å²) in [6.45, 7) is 14.4. The first kappa shape index (κ1) is 38.2. The van der Waals surface area contributed by atoms with Crippen LogP contribution >= 0.6 is 0 Å². The Morgan fingerprint density at radius 3 is 1.03 bits per heavy atom. The molecular weight excluding hydrogens is 781 g/mol. The molecule has 310 valence electrons. The van der Waals surface area contributed by atoms with E-state index in [9.17, 15) is 0 Å². The van der Waals surface area contributed by atoms with Crippen molar-refractivity contribution in [3.05, 3.63) is 228 Å². The van der Waals surface area contributed by atoms with Gasteiger partial charge in [0.1, 0.15) is 0 Å². The van der Waals surface area contributed by atoms with Crippen molar-refractivity contribution in [1.82, 2.24) is 0 Å². The van der Waals surface area contributed by atoms with Gasteiger partial charge in [0.05, 0.1) is 0 Å². The molecule has 0 spiro atoms. The van der Waals surface area contributed by atoms with Crippen LogP contribution in [-0.2, 0) is 16.2 Å². The predicted molar refractivity (Wildman–Crippen MR) is 276 cm³/mol. The van der Waals surface area contributed by atoms with Crippen LogP contribution in [-0.4, -0.2) is 0 Å². The molecule has 10 aromatic rings. The zero-order valence-corrected chi connectivity index (χ0v) is 38.0. The van der Waals surface area contributed by atoms with E-state index in [1.54, 1.807) is 0 Å². The lowest BCUT2D eigenvalue weighted by atomic mass is 9.79. The summed E-state index contributed by atoms with van der Waals surface area (Å²) in [7, 11) is 0. The van der Waals surface area contributed by atoms with E-state index in [2.05, 4.69) is 236 Å². The molecule has 3 aliphatic rings. The maximum absolute atomic E-state index is 2.52. The first-order valence-electron chi connectivity index (χ1n) is 23.3. The van der Waals surface area contributed by atoms with Gasteiger partial charge in [-0.05, 0) is 163 Å². The Bertz CT molecular complexity index is 3670. The van der Waals surface area contributed by atoms with Gasteiger partial charge in [-0.15, -0.1) is 0 Å². The van der Waals surface area contributed by atoms with E-state index in [-0.39, 0.29) is 16.2 Å². The van der Waals surface area contributed by atoms with E-state index in [1.807, 2.05) is 0 Å². The van der Waals surface area contributed by atoms with E-state index in [0.717, 1.165) is 0 Å². The molecule has 13 rings (SSSR count). The number of hydrogen-bond acceptors (Lipinski definition) is 0. The van der Waals surface area contributed by atoms with Crippen LogP contribution in [0, 0.1) is 0 Å². The fraction of sp³-hybridized carbons (Fsp3) is 0.138. The maximum Gasteiger partial charge on any atom is 0.0159 e. The normalized spacial score (nSPS) is 15.3. The van der Waals surface area contributed by atoms with Gasteiger partial charge in [-0.2, -0.15) is 0 Å². The molecule has 0 amide bonds. The second kappa shape index (κ2) is 13.4. The third kappa shape index (κ3) is 5.32. The Morgan fingerprint density at radius 1 is 0.215 bits per heavy atom. The Labute approximate surface area is 382 Å². The van der Waals surface area contributed by atoms with Gasteiger partial charge in [0, 0.05) is 16.2 Å². The molecule has 0 N–H and O–H groups in total.